The largest absolute Gasteiger partial charge is 0.368 e. The zero-order valence-electron chi connectivity index (χ0n) is 9.66. The summed E-state index contributed by atoms with van der Waals surface area (Å²) in [4.78, 5) is 0. The summed E-state index contributed by atoms with van der Waals surface area (Å²) in [5, 5.41) is 6.61. The van der Waals surface area contributed by atoms with Crippen LogP contribution in [0, 0.1) is 10.7 Å². The van der Waals surface area contributed by atoms with Gasteiger partial charge in [0, 0.05) is 6.04 Å². The molecule has 86 valence electrons. The van der Waals surface area contributed by atoms with E-state index in [9.17, 15) is 0 Å². The second-order valence-corrected chi connectivity index (χ2v) is 4.82. The number of aromatic nitrogens is 3. The summed E-state index contributed by atoms with van der Waals surface area (Å²) in [6.07, 6.45) is 3.54. The molecule has 1 heterocycles. The van der Waals surface area contributed by atoms with Crippen molar-refractivity contribution in [2.45, 2.75) is 46.1 Å². The van der Waals surface area contributed by atoms with Gasteiger partial charge < -0.3 is 5.73 Å². The van der Waals surface area contributed by atoms with E-state index in [1.54, 1.807) is 0 Å². The first-order valence-electron chi connectivity index (χ1n) is 5.44. The van der Waals surface area contributed by atoms with Gasteiger partial charge >= 0.3 is 0 Å². The number of rotatable bonds is 5. The van der Waals surface area contributed by atoms with Crippen LogP contribution in [0.3, 0.4) is 0 Å². The molecule has 0 radical (unpaired) electrons. The van der Waals surface area contributed by atoms with E-state index in [-0.39, 0.29) is 0 Å². The molecular formula is C10H20N4S. The number of nitrogen functional groups attached to an aromatic ring is 1. The van der Waals surface area contributed by atoms with Crippen molar-refractivity contribution in [1.82, 2.24) is 14.8 Å². The zero-order chi connectivity index (χ0) is 11.4. The van der Waals surface area contributed by atoms with Crippen LogP contribution in [0.15, 0.2) is 0 Å². The molecular weight excluding hydrogens is 208 g/mol. The third-order valence-electron chi connectivity index (χ3n) is 2.58. The van der Waals surface area contributed by atoms with Crippen LogP contribution in [0.25, 0.3) is 0 Å². The lowest BCUT2D eigenvalue weighted by atomic mass is 10.0. The molecule has 0 saturated heterocycles. The number of anilines is 1. The van der Waals surface area contributed by atoms with Crippen molar-refractivity contribution in [3.8, 4) is 0 Å². The molecule has 0 aliphatic carbocycles. The number of hydrogen-bond acceptors (Lipinski definition) is 3. The number of nitrogens with two attached hydrogens (primary N) is 1. The van der Waals surface area contributed by atoms with E-state index in [1.165, 1.54) is 12.8 Å². The number of nitrogens with zero attached hydrogens (tertiary/aromatic N) is 2. The van der Waals surface area contributed by atoms with E-state index in [4.69, 9.17) is 18.0 Å². The molecule has 3 N–H and O–H groups in total. The summed E-state index contributed by atoms with van der Waals surface area (Å²) in [5.74, 6) is 1.24. The predicted octanol–water partition coefficient (Wildman–Crippen LogP) is 2.91. The van der Waals surface area contributed by atoms with Crippen LogP contribution in [-0.2, 0) is 0 Å². The highest BCUT2D eigenvalue weighted by Gasteiger charge is 2.10. The molecule has 15 heavy (non-hydrogen) atoms. The minimum atomic E-state index is 0.329. The van der Waals surface area contributed by atoms with Crippen molar-refractivity contribution in [3.63, 3.8) is 0 Å². The van der Waals surface area contributed by atoms with Gasteiger partial charge in [-0.1, -0.05) is 26.7 Å². The summed E-state index contributed by atoms with van der Waals surface area (Å²) in [5.41, 5.74) is 5.73. The quantitative estimate of drug-likeness (QED) is 0.762. The first-order valence-corrected chi connectivity index (χ1v) is 5.85. The molecule has 1 atom stereocenters. The highest BCUT2D eigenvalue weighted by atomic mass is 32.1. The monoisotopic (exact) mass is 228 g/mol. The SMILES string of the molecule is CC(C)CCCC(C)n1c(N)n[nH]c1=S. The molecule has 0 aliphatic heterocycles. The van der Waals surface area contributed by atoms with E-state index in [0.29, 0.717) is 16.8 Å². The van der Waals surface area contributed by atoms with Gasteiger partial charge in [0.1, 0.15) is 0 Å². The van der Waals surface area contributed by atoms with Crippen LogP contribution in [0.1, 0.15) is 46.1 Å². The lowest BCUT2D eigenvalue weighted by Crippen LogP contribution is -2.09. The van der Waals surface area contributed by atoms with Crippen LogP contribution in [-0.4, -0.2) is 14.8 Å². The average molecular weight is 228 g/mol. The second kappa shape index (κ2) is 5.30. The van der Waals surface area contributed by atoms with Crippen molar-refractivity contribution >= 4 is 18.2 Å². The van der Waals surface area contributed by atoms with Crippen molar-refractivity contribution < 1.29 is 0 Å². The Morgan fingerprint density at radius 1 is 1.40 bits per heavy atom. The number of H-pyrrole nitrogens is 1. The molecule has 1 aromatic rings. The van der Waals surface area contributed by atoms with Gasteiger partial charge in [0.25, 0.3) is 0 Å². The van der Waals surface area contributed by atoms with Crippen molar-refractivity contribution in [3.05, 3.63) is 4.77 Å². The Kier molecular flexibility index (Phi) is 4.32. The third kappa shape index (κ3) is 3.34. The Labute approximate surface area is 95.9 Å². The van der Waals surface area contributed by atoms with Crippen LogP contribution in [0.5, 0.6) is 0 Å². The number of hydrogen-bond donors (Lipinski definition) is 2. The molecule has 0 bridgehead atoms. The van der Waals surface area contributed by atoms with Crippen LogP contribution < -0.4 is 5.73 Å². The van der Waals surface area contributed by atoms with Crippen molar-refractivity contribution in [2.24, 2.45) is 5.92 Å². The van der Waals surface area contributed by atoms with Gasteiger partial charge in [-0.2, -0.15) is 0 Å². The smallest absolute Gasteiger partial charge is 0.220 e. The summed E-state index contributed by atoms with van der Waals surface area (Å²) >= 11 is 5.12. The fourth-order valence-corrected chi connectivity index (χ4v) is 2.01. The number of aromatic amines is 1. The molecule has 5 heteroatoms. The Bertz CT molecular complexity index is 353. The Hall–Kier alpha value is -0.840. The number of nitrogens with one attached hydrogen (secondary N) is 1. The first-order chi connectivity index (χ1) is 7.02. The lowest BCUT2D eigenvalue weighted by Gasteiger charge is -2.14. The van der Waals surface area contributed by atoms with Crippen LogP contribution in [0.4, 0.5) is 5.95 Å². The predicted molar refractivity (Wildman–Crippen MR) is 65.2 cm³/mol. The van der Waals surface area contributed by atoms with Gasteiger partial charge in [-0.15, -0.1) is 5.10 Å². The second-order valence-electron chi connectivity index (χ2n) is 4.43. The zero-order valence-corrected chi connectivity index (χ0v) is 10.5. The summed E-state index contributed by atoms with van der Waals surface area (Å²) in [6.45, 7) is 6.60. The molecule has 0 aliphatic rings. The lowest BCUT2D eigenvalue weighted by molar-refractivity contribution is 0.447. The average Bonchev–Trinajstić information content (AvgIpc) is 2.45. The van der Waals surface area contributed by atoms with Crippen LogP contribution in [0.2, 0.25) is 0 Å². The fourth-order valence-electron chi connectivity index (χ4n) is 1.69. The molecule has 1 rings (SSSR count). The summed E-state index contributed by atoms with van der Waals surface area (Å²) in [7, 11) is 0. The van der Waals surface area contributed by atoms with Gasteiger partial charge in [0.2, 0.25) is 5.95 Å². The summed E-state index contributed by atoms with van der Waals surface area (Å²) < 4.78 is 2.50. The summed E-state index contributed by atoms with van der Waals surface area (Å²) in [6, 6.07) is 0.329. The van der Waals surface area contributed by atoms with E-state index in [1.807, 2.05) is 4.57 Å². The molecule has 0 aromatic carbocycles. The van der Waals surface area contributed by atoms with E-state index in [0.717, 1.165) is 12.3 Å². The Morgan fingerprint density at radius 3 is 2.53 bits per heavy atom. The molecule has 0 fully saturated rings. The maximum atomic E-state index is 5.73. The molecule has 4 nitrogen and oxygen atoms in total. The molecule has 0 spiro atoms. The first kappa shape index (κ1) is 12.2. The fraction of sp³-hybridized carbons (Fsp3) is 0.800. The van der Waals surface area contributed by atoms with Gasteiger partial charge in [0.05, 0.1) is 0 Å². The van der Waals surface area contributed by atoms with Gasteiger partial charge in [0.15, 0.2) is 4.77 Å². The van der Waals surface area contributed by atoms with E-state index in [2.05, 4.69) is 31.0 Å². The van der Waals surface area contributed by atoms with Gasteiger partial charge in [-0.3, -0.25) is 4.57 Å². The maximum Gasteiger partial charge on any atom is 0.220 e. The Balaban J connectivity index is 2.54. The molecule has 1 aromatic heterocycles. The Morgan fingerprint density at radius 2 is 2.07 bits per heavy atom. The maximum absolute atomic E-state index is 5.73. The standard InChI is InChI=1S/C10H20N4S/c1-7(2)5-4-6-8(3)14-9(11)12-13-10(14)15/h7-8H,4-6H2,1-3H3,(H2,11,12)(H,13,15). The third-order valence-corrected chi connectivity index (χ3v) is 2.86. The van der Waals surface area contributed by atoms with E-state index < -0.39 is 0 Å². The minimum Gasteiger partial charge on any atom is -0.368 e. The minimum absolute atomic E-state index is 0.329. The van der Waals surface area contributed by atoms with E-state index >= 15 is 0 Å². The normalized spacial score (nSPS) is 13.3. The van der Waals surface area contributed by atoms with Crippen molar-refractivity contribution in [2.75, 3.05) is 5.73 Å². The topological polar surface area (TPSA) is 59.6 Å². The van der Waals surface area contributed by atoms with Crippen molar-refractivity contribution in [1.29, 1.82) is 0 Å². The molecule has 1 unspecified atom stereocenters. The van der Waals surface area contributed by atoms with Crippen LogP contribution >= 0.6 is 12.2 Å². The molecule has 0 saturated carbocycles. The van der Waals surface area contributed by atoms with Gasteiger partial charge in [-0.25, -0.2) is 5.10 Å². The molecule has 0 amide bonds. The highest BCUT2D eigenvalue weighted by molar-refractivity contribution is 7.71. The highest BCUT2D eigenvalue weighted by Crippen LogP contribution is 2.19. The van der Waals surface area contributed by atoms with Gasteiger partial charge in [-0.05, 0) is 31.5 Å².